The third-order valence-electron chi connectivity index (χ3n) is 3.94. The highest BCUT2D eigenvalue weighted by molar-refractivity contribution is 6.31. The van der Waals surface area contributed by atoms with Gasteiger partial charge in [0, 0.05) is 18.2 Å². The van der Waals surface area contributed by atoms with Gasteiger partial charge in [-0.25, -0.2) is 0 Å². The minimum atomic E-state index is -0.502. The number of ether oxygens (including phenoxy) is 3. The number of aryl methyl sites for hydroxylation is 1. The van der Waals surface area contributed by atoms with E-state index in [9.17, 15) is 4.79 Å². The maximum atomic E-state index is 12.6. The molecular formula is C20H25ClN2O4. The molecule has 0 spiro atoms. The molecule has 2 rings (SSSR count). The molecule has 0 aliphatic carbocycles. The normalized spacial score (nSPS) is 11.6. The van der Waals surface area contributed by atoms with Gasteiger partial charge in [-0.3, -0.25) is 4.79 Å². The molecule has 6 nitrogen and oxygen atoms in total. The molecule has 0 fully saturated rings. The fourth-order valence-electron chi connectivity index (χ4n) is 2.42. The molecule has 1 unspecified atom stereocenters. The van der Waals surface area contributed by atoms with Crippen molar-refractivity contribution in [2.45, 2.75) is 19.9 Å². The number of carbonyl (C=O) groups is 1. The number of carbonyl (C=O) groups excluding carboxylic acids is 1. The quantitative estimate of drug-likeness (QED) is 0.628. The number of benzene rings is 2. The van der Waals surface area contributed by atoms with Crippen molar-refractivity contribution in [3.63, 3.8) is 0 Å². The Morgan fingerprint density at radius 1 is 1.11 bits per heavy atom. The average molecular weight is 393 g/mol. The zero-order chi connectivity index (χ0) is 19.8. The maximum Gasteiger partial charge on any atom is 0.246 e. The van der Waals surface area contributed by atoms with E-state index in [1.807, 2.05) is 31.2 Å². The van der Waals surface area contributed by atoms with Gasteiger partial charge in [0.15, 0.2) is 0 Å². The molecule has 0 heterocycles. The second-order valence-corrected chi connectivity index (χ2v) is 6.40. The second-order valence-electron chi connectivity index (χ2n) is 5.99. The van der Waals surface area contributed by atoms with Crippen LogP contribution in [0.15, 0.2) is 36.4 Å². The summed E-state index contributed by atoms with van der Waals surface area (Å²) in [5.41, 5.74) is 2.16. The molecule has 27 heavy (non-hydrogen) atoms. The maximum absolute atomic E-state index is 12.6. The van der Waals surface area contributed by atoms with Crippen LogP contribution >= 0.6 is 11.6 Å². The Hall–Kier alpha value is -2.44. The predicted molar refractivity (Wildman–Crippen MR) is 108 cm³/mol. The van der Waals surface area contributed by atoms with Gasteiger partial charge in [-0.1, -0.05) is 23.7 Å². The number of anilines is 2. The number of hydrogen-bond acceptors (Lipinski definition) is 5. The number of para-hydroxylation sites is 2. The van der Waals surface area contributed by atoms with Crippen molar-refractivity contribution in [1.29, 1.82) is 0 Å². The van der Waals surface area contributed by atoms with Gasteiger partial charge in [-0.15, -0.1) is 0 Å². The number of rotatable bonds is 9. The largest absolute Gasteiger partial charge is 0.495 e. The fourth-order valence-corrected chi connectivity index (χ4v) is 2.57. The molecule has 0 saturated heterocycles. The van der Waals surface area contributed by atoms with Gasteiger partial charge >= 0.3 is 0 Å². The summed E-state index contributed by atoms with van der Waals surface area (Å²) in [7, 11) is 3.15. The van der Waals surface area contributed by atoms with E-state index >= 15 is 0 Å². The van der Waals surface area contributed by atoms with E-state index in [0.717, 1.165) is 11.3 Å². The van der Waals surface area contributed by atoms with Crippen molar-refractivity contribution >= 4 is 28.9 Å². The van der Waals surface area contributed by atoms with Crippen LogP contribution < -0.4 is 20.1 Å². The Morgan fingerprint density at radius 2 is 1.85 bits per heavy atom. The summed E-state index contributed by atoms with van der Waals surface area (Å²) >= 11 is 6.11. The molecule has 1 amide bonds. The summed E-state index contributed by atoms with van der Waals surface area (Å²) < 4.78 is 16.0. The van der Waals surface area contributed by atoms with Crippen LogP contribution in [0.1, 0.15) is 12.5 Å². The highest BCUT2D eigenvalue weighted by Gasteiger charge is 2.17. The SMILES string of the molecule is COCCOc1ccccc1NC(C)C(=O)Nc1cc(C)c(Cl)cc1OC. The minimum absolute atomic E-state index is 0.207. The molecule has 2 aromatic rings. The summed E-state index contributed by atoms with van der Waals surface area (Å²) in [5, 5.41) is 6.63. The lowest BCUT2D eigenvalue weighted by atomic mass is 10.2. The Labute approximate surface area is 164 Å². The molecule has 7 heteroatoms. The van der Waals surface area contributed by atoms with Crippen LogP contribution in [0.25, 0.3) is 0 Å². The predicted octanol–water partition coefficient (Wildman–Crippen LogP) is 4.12. The van der Waals surface area contributed by atoms with Crippen LogP contribution in [0, 0.1) is 6.92 Å². The van der Waals surface area contributed by atoms with E-state index in [1.165, 1.54) is 7.11 Å². The lowest BCUT2D eigenvalue weighted by molar-refractivity contribution is -0.116. The smallest absolute Gasteiger partial charge is 0.246 e. The average Bonchev–Trinajstić information content (AvgIpc) is 2.66. The van der Waals surface area contributed by atoms with Crippen molar-refractivity contribution in [2.24, 2.45) is 0 Å². The van der Waals surface area contributed by atoms with Gasteiger partial charge in [0.05, 0.1) is 25.1 Å². The lowest BCUT2D eigenvalue weighted by Gasteiger charge is -2.19. The monoisotopic (exact) mass is 392 g/mol. The first kappa shape index (κ1) is 20.9. The fraction of sp³-hybridized carbons (Fsp3) is 0.350. The Balaban J connectivity index is 2.08. The van der Waals surface area contributed by atoms with Crippen molar-refractivity contribution in [2.75, 3.05) is 38.1 Å². The van der Waals surface area contributed by atoms with E-state index < -0.39 is 6.04 Å². The van der Waals surface area contributed by atoms with Crippen molar-refractivity contribution in [1.82, 2.24) is 0 Å². The van der Waals surface area contributed by atoms with Gasteiger partial charge in [-0.05, 0) is 37.6 Å². The third kappa shape index (κ3) is 5.77. The van der Waals surface area contributed by atoms with Gasteiger partial charge in [-0.2, -0.15) is 0 Å². The molecule has 2 aromatic carbocycles. The summed E-state index contributed by atoms with van der Waals surface area (Å²) in [4.78, 5) is 12.6. The van der Waals surface area contributed by atoms with Crippen LogP contribution in [0.2, 0.25) is 5.02 Å². The summed E-state index contributed by atoms with van der Waals surface area (Å²) in [6.07, 6.45) is 0. The van der Waals surface area contributed by atoms with Crippen LogP contribution in [-0.4, -0.2) is 39.4 Å². The van der Waals surface area contributed by atoms with E-state index in [-0.39, 0.29) is 5.91 Å². The van der Waals surface area contributed by atoms with Gasteiger partial charge in [0.1, 0.15) is 24.1 Å². The standard InChI is InChI=1S/C20H25ClN2O4/c1-13-11-17(19(26-4)12-15(13)21)23-20(24)14(2)22-16-7-5-6-8-18(16)27-10-9-25-3/h5-8,11-12,14,22H,9-10H2,1-4H3,(H,23,24). The van der Waals surface area contributed by atoms with Crippen molar-refractivity contribution < 1.29 is 19.0 Å². The van der Waals surface area contributed by atoms with E-state index in [2.05, 4.69) is 10.6 Å². The topological polar surface area (TPSA) is 68.8 Å². The van der Waals surface area contributed by atoms with Crippen molar-refractivity contribution in [3.8, 4) is 11.5 Å². The number of hydrogen-bond donors (Lipinski definition) is 2. The molecule has 1 atom stereocenters. The van der Waals surface area contributed by atoms with E-state index in [0.29, 0.717) is 35.4 Å². The van der Waals surface area contributed by atoms with Crippen LogP contribution in [-0.2, 0) is 9.53 Å². The number of nitrogens with one attached hydrogen (secondary N) is 2. The Bertz CT molecular complexity index is 783. The highest BCUT2D eigenvalue weighted by atomic mass is 35.5. The zero-order valence-electron chi connectivity index (χ0n) is 16.0. The molecule has 2 N–H and O–H groups in total. The molecule has 0 saturated carbocycles. The zero-order valence-corrected chi connectivity index (χ0v) is 16.7. The molecular weight excluding hydrogens is 368 g/mol. The van der Waals surface area contributed by atoms with E-state index in [1.54, 1.807) is 26.2 Å². The summed E-state index contributed by atoms with van der Waals surface area (Å²) in [5.74, 6) is 0.963. The number of amides is 1. The van der Waals surface area contributed by atoms with Crippen LogP contribution in [0.5, 0.6) is 11.5 Å². The molecule has 0 radical (unpaired) electrons. The summed E-state index contributed by atoms with van der Waals surface area (Å²) in [6.45, 7) is 4.56. The molecule has 146 valence electrons. The van der Waals surface area contributed by atoms with E-state index in [4.69, 9.17) is 25.8 Å². The first-order valence-electron chi connectivity index (χ1n) is 8.58. The number of methoxy groups -OCH3 is 2. The lowest BCUT2D eigenvalue weighted by Crippen LogP contribution is -2.32. The minimum Gasteiger partial charge on any atom is -0.495 e. The first-order chi connectivity index (χ1) is 13.0. The molecule has 0 aliphatic heterocycles. The van der Waals surface area contributed by atoms with Gasteiger partial charge in [0.2, 0.25) is 5.91 Å². The third-order valence-corrected chi connectivity index (χ3v) is 4.34. The first-order valence-corrected chi connectivity index (χ1v) is 8.96. The van der Waals surface area contributed by atoms with Crippen molar-refractivity contribution in [3.05, 3.63) is 47.0 Å². The molecule has 0 aromatic heterocycles. The van der Waals surface area contributed by atoms with Crippen LogP contribution in [0.4, 0.5) is 11.4 Å². The van der Waals surface area contributed by atoms with Crippen LogP contribution in [0.3, 0.4) is 0 Å². The molecule has 0 aliphatic rings. The van der Waals surface area contributed by atoms with Gasteiger partial charge in [0.25, 0.3) is 0 Å². The Morgan fingerprint density at radius 3 is 2.56 bits per heavy atom. The second kappa shape index (κ2) is 10.0. The molecule has 0 bridgehead atoms. The summed E-state index contributed by atoms with van der Waals surface area (Å²) in [6, 6.07) is 10.4. The van der Waals surface area contributed by atoms with Gasteiger partial charge < -0.3 is 24.8 Å². The highest BCUT2D eigenvalue weighted by Crippen LogP contribution is 2.31. The Kier molecular flexibility index (Phi) is 7.76. The number of halogens is 1.